The van der Waals surface area contributed by atoms with Crippen LogP contribution in [-0.4, -0.2) is 19.8 Å². The lowest BCUT2D eigenvalue weighted by molar-refractivity contribution is -0.197. The van der Waals surface area contributed by atoms with Crippen LogP contribution >= 0.6 is 0 Å². The van der Waals surface area contributed by atoms with Crippen LogP contribution in [0.2, 0.25) is 0 Å². The summed E-state index contributed by atoms with van der Waals surface area (Å²) in [6, 6.07) is 17.0. The van der Waals surface area contributed by atoms with Gasteiger partial charge in [-0.05, 0) is 48.4 Å². The molecule has 1 aliphatic rings. The van der Waals surface area contributed by atoms with Gasteiger partial charge in [-0.25, -0.2) is 0 Å². The lowest BCUT2D eigenvalue weighted by atomic mass is 10.0. The van der Waals surface area contributed by atoms with Crippen molar-refractivity contribution in [3.63, 3.8) is 0 Å². The zero-order chi connectivity index (χ0) is 26.1. The van der Waals surface area contributed by atoms with Crippen LogP contribution in [0.25, 0.3) is 11.1 Å². The molecule has 2 aromatic carbocycles. The normalized spacial score (nSPS) is 18.8. The van der Waals surface area contributed by atoms with Crippen LogP contribution in [0.3, 0.4) is 0 Å². The third kappa shape index (κ3) is 11.0. The Balaban J connectivity index is 1.35. The molecule has 0 aliphatic carbocycles. The Hall–Kier alpha value is -2.10. The van der Waals surface area contributed by atoms with Crippen LogP contribution in [0.1, 0.15) is 103 Å². The maximum Gasteiger partial charge on any atom is 0.183 e. The average Bonchev–Trinajstić information content (AvgIpc) is 2.95. The van der Waals surface area contributed by atoms with Gasteiger partial charge in [-0.15, -0.1) is 0 Å². The van der Waals surface area contributed by atoms with Gasteiger partial charge in [0.25, 0.3) is 0 Å². The molecule has 0 bridgehead atoms. The number of rotatable bonds is 17. The molecular formula is C34H50O3. The molecule has 1 saturated heterocycles. The maximum absolute atomic E-state index is 6.04. The second-order valence-electron chi connectivity index (χ2n) is 10.7. The lowest BCUT2D eigenvalue weighted by Crippen LogP contribution is -2.25. The molecule has 37 heavy (non-hydrogen) atoms. The van der Waals surface area contributed by atoms with E-state index in [2.05, 4.69) is 81.5 Å². The summed E-state index contributed by atoms with van der Waals surface area (Å²) in [5.41, 5.74) is 3.46. The standard InChI is InChI=1S/C34H50O3/c1-4-6-7-8-9-10-13-16-29-26-36-34(37-27-29)32-19-17-30(18-20-32)31-21-23-33(24-22-31)35-25-14-11-12-15-28(3)5-2/h13,16-24,28-29,34H,4-12,14-15,25-27H2,1-3H3/b16-13+. The van der Waals surface area contributed by atoms with E-state index in [-0.39, 0.29) is 6.29 Å². The number of hydrogen-bond acceptors (Lipinski definition) is 3. The van der Waals surface area contributed by atoms with Gasteiger partial charge in [0.1, 0.15) is 5.75 Å². The molecule has 204 valence electrons. The number of benzene rings is 2. The van der Waals surface area contributed by atoms with Gasteiger partial charge in [-0.2, -0.15) is 0 Å². The zero-order valence-corrected chi connectivity index (χ0v) is 23.6. The minimum atomic E-state index is -0.270. The molecular weight excluding hydrogens is 456 g/mol. The van der Waals surface area contributed by atoms with Crippen molar-refractivity contribution in [3.8, 4) is 16.9 Å². The molecule has 0 aromatic heterocycles. The summed E-state index contributed by atoms with van der Waals surface area (Å²) in [5, 5.41) is 0. The van der Waals surface area contributed by atoms with Crippen molar-refractivity contribution >= 4 is 0 Å². The molecule has 0 amide bonds. The number of unbranched alkanes of at least 4 members (excludes halogenated alkanes) is 7. The molecule has 1 atom stereocenters. The second kappa shape index (κ2) is 17.4. The number of ether oxygens (including phenoxy) is 3. The number of allylic oxidation sites excluding steroid dienone is 1. The Morgan fingerprint density at radius 1 is 0.811 bits per heavy atom. The van der Waals surface area contributed by atoms with Gasteiger partial charge in [0, 0.05) is 11.5 Å². The summed E-state index contributed by atoms with van der Waals surface area (Å²) < 4.78 is 18.0. The number of hydrogen-bond donors (Lipinski definition) is 0. The zero-order valence-electron chi connectivity index (χ0n) is 23.6. The van der Waals surface area contributed by atoms with Crippen molar-refractivity contribution in [2.24, 2.45) is 11.8 Å². The molecule has 3 heteroatoms. The van der Waals surface area contributed by atoms with Crippen LogP contribution in [-0.2, 0) is 9.47 Å². The highest BCUT2D eigenvalue weighted by Crippen LogP contribution is 2.29. The van der Waals surface area contributed by atoms with Crippen LogP contribution < -0.4 is 4.74 Å². The monoisotopic (exact) mass is 506 g/mol. The summed E-state index contributed by atoms with van der Waals surface area (Å²) in [4.78, 5) is 0. The van der Waals surface area contributed by atoms with E-state index in [9.17, 15) is 0 Å². The predicted molar refractivity (Wildman–Crippen MR) is 156 cm³/mol. The van der Waals surface area contributed by atoms with Gasteiger partial charge in [-0.1, -0.05) is 121 Å². The topological polar surface area (TPSA) is 27.7 Å². The summed E-state index contributed by atoms with van der Waals surface area (Å²) >= 11 is 0. The highest BCUT2D eigenvalue weighted by atomic mass is 16.7. The molecule has 1 aliphatic heterocycles. The lowest BCUT2D eigenvalue weighted by Gasteiger charge is -2.28. The minimum Gasteiger partial charge on any atom is -0.494 e. The average molecular weight is 507 g/mol. The van der Waals surface area contributed by atoms with Crippen molar-refractivity contribution < 1.29 is 14.2 Å². The van der Waals surface area contributed by atoms with Crippen molar-refractivity contribution in [1.29, 1.82) is 0 Å². The molecule has 1 fully saturated rings. The van der Waals surface area contributed by atoms with E-state index in [0.29, 0.717) is 5.92 Å². The Morgan fingerprint density at radius 2 is 1.46 bits per heavy atom. The van der Waals surface area contributed by atoms with E-state index in [0.717, 1.165) is 49.9 Å². The van der Waals surface area contributed by atoms with Gasteiger partial charge < -0.3 is 14.2 Å². The SMILES string of the molecule is CCCCCCC/C=C/C1COC(c2ccc(-c3ccc(OCCCCCC(C)CC)cc3)cc2)OC1. The predicted octanol–water partition coefficient (Wildman–Crippen LogP) is 9.92. The molecule has 0 spiro atoms. The Labute approximate surface area is 226 Å². The fourth-order valence-electron chi connectivity index (χ4n) is 4.72. The molecule has 0 saturated carbocycles. The van der Waals surface area contributed by atoms with Gasteiger partial charge in [0.05, 0.1) is 19.8 Å². The van der Waals surface area contributed by atoms with E-state index in [1.54, 1.807) is 0 Å². The Kier molecular flexibility index (Phi) is 13.9. The highest BCUT2D eigenvalue weighted by molar-refractivity contribution is 5.64. The van der Waals surface area contributed by atoms with Gasteiger partial charge >= 0.3 is 0 Å². The van der Waals surface area contributed by atoms with E-state index >= 15 is 0 Å². The van der Waals surface area contributed by atoms with E-state index in [4.69, 9.17) is 14.2 Å². The van der Waals surface area contributed by atoms with Gasteiger partial charge in [0.2, 0.25) is 0 Å². The first-order valence-electron chi connectivity index (χ1n) is 14.9. The fraction of sp³-hybridized carbons (Fsp3) is 0.588. The van der Waals surface area contributed by atoms with Crippen LogP contribution in [0, 0.1) is 11.8 Å². The van der Waals surface area contributed by atoms with Crippen LogP contribution in [0.5, 0.6) is 5.75 Å². The molecule has 3 rings (SSSR count). The molecule has 0 radical (unpaired) electrons. The van der Waals surface area contributed by atoms with E-state index < -0.39 is 0 Å². The van der Waals surface area contributed by atoms with Crippen molar-refractivity contribution in [2.45, 2.75) is 97.7 Å². The molecule has 2 aromatic rings. The molecule has 0 N–H and O–H groups in total. The maximum atomic E-state index is 6.04. The summed E-state index contributed by atoms with van der Waals surface area (Å²) in [6.07, 6.45) is 18.4. The van der Waals surface area contributed by atoms with Crippen molar-refractivity contribution in [3.05, 3.63) is 66.2 Å². The van der Waals surface area contributed by atoms with Gasteiger partial charge in [-0.3, -0.25) is 0 Å². The quantitative estimate of drug-likeness (QED) is 0.158. The largest absolute Gasteiger partial charge is 0.494 e. The summed E-state index contributed by atoms with van der Waals surface area (Å²) in [7, 11) is 0. The smallest absolute Gasteiger partial charge is 0.183 e. The van der Waals surface area contributed by atoms with E-state index in [1.807, 2.05) is 0 Å². The summed E-state index contributed by atoms with van der Waals surface area (Å²) in [5.74, 6) is 2.16. The summed E-state index contributed by atoms with van der Waals surface area (Å²) in [6.45, 7) is 9.11. The molecule has 3 nitrogen and oxygen atoms in total. The third-order valence-corrected chi connectivity index (χ3v) is 7.48. The minimum absolute atomic E-state index is 0.270. The third-order valence-electron chi connectivity index (χ3n) is 7.48. The second-order valence-corrected chi connectivity index (χ2v) is 10.7. The van der Waals surface area contributed by atoms with Crippen molar-refractivity contribution in [1.82, 2.24) is 0 Å². The molecule has 1 heterocycles. The Bertz CT molecular complexity index is 863. The van der Waals surface area contributed by atoms with Gasteiger partial charge in [0.15, 0.2) is 6.29 Å². The highest BCUT2D eigenvalue weighted by Gasteiger charge is 2.22. The Morgan fingerprint density at radius 3 is 2.14 bits per heavy atom. The molecule has 1 unspecified atom stereocenters. The van der Waals surface area contributed by atoms with Crippen LogP contribution in [0.15, 0.2) is 60.7 Å². The fourth-order valence-corrected chi connectivity index (χ4v) is 4.72. The van der Waals surface area contributed by atoms with Crippen LogP contribution in [0.4, 0.5) is 0 Å². The first-order chi connectivity index (χ1) is 18.2. The van der Waals surface area contributed by atoms with Crippen molar-refractivity contribution in [2.75, 3.05) is 19.8 Å². The first kappa shape index (κ1) is 29.5. The first-order valence-corrected chi connectivity index (χ1v) is 14.9. The van der Waals surface area contributed by atoms with E-state index in [1.165, 1.54) is 68.9 Å².